The Hall–Kier alpha value is -7.16. The van der Waals surface area contributed by atoms with Crippen LogP contribution in [-0.2, 0) is 0 Å². The highest BCUT2D eigenvalue weighted by Crippen LogP contribution is 2.54. The molecule has 2 aliphatic rings. The van der Waals surface area contributed by atoms with E-state index in [1.54, 1.807) is 0 Å². The second-order valence-corrected chi connectivity index (χ2v) is 14.9. The lowest BCUT2D eigenvalue weighted by molar-refractivity contribution is 0.725. The molecule has 0 spiro atoms. The number of para-hydroxylation sites is 3. The highest BCUT2D eigenvalue weighted by molar-refractivity contribution is 5.95. The van der Waals surface area contributed by atoms with Gasteiger partial charge in [0, 0.05) is 28.2 Å². The lowest BCUT2D eigenvalue weighted by Gasteiger charge is -2.31. The molecule has 1 aromatic heterocycles. The second-order valence-electron chi connectivity index (χ2n) is 14.9. The van der Waals surface area contributed by atoms with Crippen LogP contribution in [0.25, 0.3) is 67.2 Å². The van der Waals surface area contributed by atoms with E-state index in [2.05, 4.69) is 228 Å². The quantitative estimate of drug-likeness (QED) is 0.163. The van der Waals surface area contributed by atoms with Gasteiger partial charge in [-0.3, -0.25) is 0 Å². The normalized spacial score (nSPS) is 14.6. The van der Waals surface area contributed by atoms with Crippen molar-refractivity contribution in [2.24, 2.45) is 0 Å². The number of nitrogens with zero attached hydrogens (tertiary/aromatic N) is 2. The van der Waals surface area contributed by atoms with Crippen molar-refractivity contribution in [1.82, 2.24) is 4.57 Å². The molecule has 60 heavy (non-hydrogen) atoms. The summed E-state index contributed by atoms with van der Waals surface area (Å²) in [5, 5.41) is 1.31. The minimum atomic E-state index is 0.149. The molecule has 2 heterocycles. The molecular formula is C58H50N2. The van der Waals surface area contributed by atoms with Crippen molar-refractivity contribution < 1.29 is 0 Å². The van der Waals surface area contributed by atoms with Crippen molar-refractivity contribution in [2.45, 2.75) is 39.7 Å². The summed E-state index contributed by atoms with van der Waals surface area (Å²) in [7, 11) is 0. The van der Waals surface area contributed by atoms with Gasteiger partial charge in [0.25, 0.3) is 0 Å². The van der Waals surface area contributed by atoms with Gasteiger partial charge >= 0.3 is 0 Å². The van der Waals surface area contributed by atoms with Gasteiger partial charge in [-0.1, -0.05) is 210 Å². The van der Waals surface area contributed by atoms with E-state index in [4.69, 9.17) is 0 Å². The van der Waals surface area contributed by atoms with Crippen LogP contribution in [0.3, 0.4) is 0 Å². The van der Waals surface area contributed by atoms with Gasteiger partial charge in [-0.2, -0.15) is 0 Å². The van der Waals surface area contributed by atoms with Gasteiger partial charge in [0.1, 0.15) is 0 Å². The van der Waals surface area contributed by atoms with Gasteiger partial charge in [0.2, 0.25) is 0 Å². The first-order valence-electron chi connectivity index (χ1n) is 21.5. The molecule has 9 aromatic rings. The zero-order valence-electron chi connectivity index (χ0n) is 34.8. The molecular weight excluding hydrogens is 725 g/mol. The first-order chi connectivity index (χ1) is 29.8. The summed E-state index contributed by atoms with van der Waals surface area (Å²) in [4.78, 5) is 2.55. The number of rotatable bonds is 6. The molecule has 2 unspecified atom stereocenters. The third-order valence-electron chi connectivity index (χ3n) is 11.8. The Morgan fingerprint density at radius 1 is 0.383 bits per heavy atom. The molecule has 1 aliphatic carbocycles. The van der Waals surface area contributed by atoms with Crippen LogP contribution in [0.5, 0.6) is 0 Å². The standard InChI is InChI=1S/C54H38N2.2C2H6/c1-3-13-37(14-4-1)39-23-25-41(26-24-39)42-31-33-44(34-32-42)55-49-21-11-8-18-46(49)53-51(55)35-36-52-54(53)47-19-9-12-22-50(47)56(52)48-20-10-7-17-45(48)43-29-27-40(28-30-43)38-15-5-2-6-16-38;2*1-2/h1-36,51,53H;2*1-2H3. The van der Waals surface area contributed by atoms with Crippen LogP contribution in [0.1, 0.15) is 50.4 Å². The van der Waals surface area contributed by atoms with Gasteiger partial charge in [0.15, 0.2) is 0 Å². The first kappa shape index (κ1) is 38.4. The van der Waals surface area contributed by atoms with E-state index in [-0.39, 0.29) is 12.0 Å². The number of aromatic nitrogens is 1. The van der Waals surface area contributed by atoms with Crippen molar-refractivity contribution in [3.63, 3.8) is 0 Å². The molecule has 0 saturated carbocycles. The van der Waals surface area contributed by atoms with E-state index in [0.29, 0.717) is 0 Å². The lowest BCUT2D eigenvalue weighted by atomic mass is 9.82. The molecule has 0 fully saturated rings. The van der Waals surface area contributed by atoms with Crippen molar-refractivity contribution in [1.29, 1.82) is 0 Å². The van der Waals surface area contributed by atoms with Gasteiger partial charge < -0.3 is 9.47 Å². The minimum Gasteiger partial charge on any atom is -0.333 e. The average Bonchev–Trinajstić information content (AvgIpc) is 3.86. The number of benzene rings is 8. The Bertz CT molecular complexity index is 2880. The molecule has 0 saturated heterocycles. The van der Waals surface area contributed by atoms with Crippen molar-refractivity contribution in [3.05, 3.63) is 229 Å². The zero-order chi connectivity index (χ0) is 41.0. The zero-order valence-corrected chi connectivity index (χ0v) is 34.8. The second kappa shape index (κ2) is 17.0. The van der Waals surface area contributed by atoms with Crippen molar-refractivity contribution in [2.75, 3.05) is 4.90 Å². The summed E-state index contributed by atoms with van der Waals surface area (Å²) in [5.74, 6) is 0.180. The fourth-order valence-corrected chi connectivity index (χ4v) is 9.21. The molecule has 1 aliphatic heterocycles. The monoisotopic (exact) mass is 774 g/mol. The Morgan fingerprint density at radius 3 is 1.43 bits per heavy atom. The summed E-state index contributed by atoms with van der Waals surface area (Å²) in [6.07, 6.45) is 4.82. The topological polar surface area (TPSA) is 8.17 Å². The molecule has 0 radical (unpaired) electrons. The SMILES string of the molecule is C1=CC2C(c3ccccc3N2c2ccc(-c3ccc(-c4ccccc4)cc3)cc2)c2c1n(-c1ccccc1-c1ccc(-c3ccccc3)cc1)c1ccccc21.CC.CC. The summed E-state index contributed by atoms with van der Waals surface area (Å²) >= 11 is 0. The van der Waals surface area contributed by atoms with Crippen molar-refractivity contribution in [3.8, 4) is 50.2 Å². The molecule has 2 nitrogen and oxygen atoms in total. The van der Waals surface area contributed by atoms with Crippen LogP contribution in [0.15, 0.2) is 212 Å². The molecule has 2 heteroatoms. The summed E-state index contributed by atoms with van der Waals surface area (Å²) in [6.45, 7) is 8.00. The first-order valence-corrected chi connectivity index (χ1v) is 21.5. The Balaban J connectivity index is 0.00000112. The third kappa shape index (κ3) is 6.74. The van der Waals surface area contributed by atoms with Crippen LogP contribution >= 0.6 is 0 Å². The Morgan fingerprint density at radius 2 is 0.833 bits per heavy atom. The summed E-state index contributed by atoms with van der Waals surface area (Å²) < 4.78 is 2.50. The Kier molecular flexibility index (Phi) is 10.9. The van der Waals surface area contributed by atoms with Crippen molar-refractivity contribution >= 4 is 28.4 Å². The maximum Gasteiger partial charge on any atom is 0.0637 e. The van der Waals surface area contributed by atoms with Crippen LogP contribution in [0, 0.1) is 0 Å². The Labute approximate surface area is 355 Å². The molecule has 292 valence electrons. The predicted octanol–water partition coefficient (Wildman–Crippen LogP) is 16.0. The minimum absolute atomic E-state index is 0.149. The van der Waals surface area contributed by atoms with E-state index in [0.717, 1.165) is 0 Å². The maximum absolute atomic E-state index is 2.55. The van der Waals surface area contributed by atoms with Crippen LogP contribution in [-0.4, -0.2) is 10.6 Å². The molecule has 0 N–H and O–H groups in total. The van der Waals surface area contributed by atoms with E-state index >= 15 is 0 Å². The van der Waals surface area contributed by atoms with Gasteiger partial charge in [0.05, 0.1) is 22.9 Å². The predicted molar refractivity (Wildman–Crippen MR) is 257 cm³/mol. The van der Waals surface area contributed by atoms with Gasteiger partial charge in [-0.25, -0.2) is 0 Å². The van der Waals surface area contributed by atoms with E-state index in [1.807, 2.05) is 27.7 Å². The van der Waals surface area contributed by atoms with Crippen LogP contribution < -0.4 is 4.90 Å². The van der Waals surface area contributed by atoms with Gasteiger partial charge in [-0.05, 0) is 86.5 Å². The lowest BCUT2D eigenvalue weighted by Crippen LogP contribution is -2.30. The molecule has 0 amide bonds. The fourth-order valence-electron chi connectivity index (χ4n) is 9.21. The summed E-state index contributed by atoms with van der Waals surface area (Å²) in [5.41, 5.74) is 18.7. The van der Waals surface area contributed by atoms with E-state index in [1.165, 1.54) is 89.3 Å². The molecule has 11 rings (SSSR count). The summed E-state index contributed by atoms with van der Waals surface area (Å²) in [6, 6.07) is 75.3. The number of hydrogen-bond acceptors (Lipinski definition) is 1. The highest BCUT2D eigenvalue weighted by atomic mass is 15.2. The highest BCUT2D eigenvalue weighted by Gasteiger charge is 2.43. The number of hydrogen-bond donors (Lipinski definition) is 0. The largest absolute Gasteiger partial charge is 0.333 e. The fraction of sp³-hybridized carbons (Fsp3) is 0.103. The smallest absolute Gasteiger partial charge is 0.0637 e. The number of fused-ring (bicyclic) bond motifs is 7. The maximum atomic E-state index is 2.55. The average molecular weight is 775 g/mol. The van der Waals surface area contributed by atoms with E-state index in [9.17, 15) is 0 Å². The number of anilines is 2. The van der Waals surface area contributed by atoms with Gasteiger partial charge in [-0.15, -0.1) is 0 Å². The van der Waals surface area contributed by atoms with E-state index < -0.39 is 0 Å². The molecule has 2 atom stereocenters. The van der Waals surface area contributed by atoms with Crippen LogP contribution in [0.2, 0.25) is 0 Å². The third-order valence-corrected chi connectivity index (χ3v) is 11.8. The molecule has 0 bridgehead atoms. The van der Waals surface area contributed by atoms with Crippen LogP contribution in [0.4, 0.5) is 11.4 Å². The molecule has 8 aromatic carbocycles.